The molecule has 14 heavy (non-hydrogen) atoms. The van der Waals surface area contributed by atoms with E-state index in [0.717, 1.165) is 11.3 Å². The Morgan fingerprint density at radius 1 is 1.29 bits per heavy atom. The molecule has 3 nitrogen and oxygen atoms in total. The highest BCUT2D eigenvalue weighted by Gasteiger charge is 2.05. The summed E-state index contributed by atoms with van der Waals surface area (Å²) in [5, 5.41) is 13.6. The lowest BCUT2D eigenvalue weighted by Crippen LogP contribution is -1.92. The van der Waals surface area contributed by atoms with Gasteiger partial charge in [0.15, 0.2) is 5.15 Å². The quantitative estimate of drug-likeness (QED) is 0.782. The van der Waals surface area contributed by atoms with E-state index in [-0.39, 0.29) is 5.75 Å². The summed E-state index contributed by atoms with van der Waals surface area (Å²) >= 11 is 5.77. The molecule has 0 aliphatic rings. The molecule has 1 aromatic heterocycles. The largest absolute Gasteiger partial charge is 0.508 e. The van der Waals surface area contributed by atoms with Crippen molar-refractivity contribution in [3.05, 3.63) is 35.5 Å². The molecule has 0 unspecified atom stereocenters. The first-order valence-electron chi connectivity index (χ1n) is 4.16. The summed E-state index contributed by atoms with van der Waals surface area (Å²) in [7, 11) is 1.83. The lowest BCUT2D eigenvalue weighted by molar-refractivity contribution is 0.475. The maximum Gasteiger partial charge on any atom is 0.151 e. The fraction of sp³-hybridized carbons (Fsp3) is 0.100. The molecule has 0 saturated carbocycles. The number of rotatable bonds is 1. The molecule has 72 valence electrons. The number of phenolic OH excluding ortho intramolecular Hbond substituents is 1. The van der Waals surface area contributed by atoms with Crippen molar-refractivity contribution in [2.24, 2.45) is 7.05 Å². The lowest BCUT2D eigenvalue weighted by Gasteiger charge is -2.01. The van der Waals surface area contributed by atoms with Crippen molar-refractivity contribution in [3.8, 4) is 17.0 Å². The van der Waals surface area contributed by atoms with Crippen LogP contribution in [0.25, 0.3) is 11.3 Å². The van der Waals surface area contributed by atoms with Crippen molar-refractivity contribution in [1.29, 1.82) is 0 Å². The minimum absolute atomic E-state index is 0.252. The van der Waals surface area contributed by atoms with Gasteiger partial charge in [0.1, 0.15) is 5.75 Å². The van der Waals surface area contributed by atoms with E-state index in [1.807, 2.05) is 19.2 Å². The van der Waals surface area contributed by atoms with Crippen LogP contribution in [0.4, 0.5) is 0 Å². The summed E-state index contributed by atoms with van der Waals surface area (Å²) in [6.07, 6.45) is 0. The van der Waals surface area contributed by atoms with Gasteiger partial charge in [-0.25, -0.2) is 0 Å². The van der Waals surface area contributed by atoms with E-state index in [0.29, 0.717) is 5.15 Å². The number of aromatic hydroxyl groups is 1. The van der Waals surface area contributed by atoms with Gasteiger partial charge >= 0.3 is 0 Å². The van der Waals surface area contributed by atoms with E-state index >= 15 is 0 Å². The number of aromatic nitrogens is 2. The van der Waals surface area contributed by atoms with Crippen LogP contribution in [0.5, 0.6) is 5.75 Å². The van der Waals surface area contributed by atoms with Crippen molar-refractivity contribution < 1.29 is 5.11 Å². The van der Waals surface area contributed by atoms with Gasteiger partial charge in [-0.1, -0.05) is 11.6 Å². The van der Waals surface area contributed by atoms with Crippen molar-refractivity contribution in [3.63, 3.8) is 0 Å². The molecule has 1 N–H and O–H groups in total. The van der Waals surface area contributed by atoms with Gasteiger partial charge < -0.3 is 5.11 Å². The summed E-state index contributed by atoms with van der Waals surface area (Å²) in [5.41, 5.74) is 1.90. The molecule has 4 heteroatoms. The minimum atomic E-state index is 0.252. The number of nitrogens with zero attached hydrogens (tertiary/aromatic N) is 2. The number of aryl methyl sites for hydroxylation is 1. The number of hydrogen-bond donors (Lipinski definition) is 1. The van der Waals surface area contributed by atoms with Crippen molar-refractivity contribution in [2.75, 3.05) is 0 Å². The maximum atomic E-state index is 9.13. The molecule has 1 aromatic carbocycles. The van der Waals surface area contributed by atoms with E-state index < -0.39 is 0 Å². The molecule has 0 aliphatic carbocycles. The minimum Gasteiger partial charge on any atom is -0.508 e. The van der Waals surface area contributed by atoms with Crippen LogP contribution in [0.1, 0.15) is 0 Å². The Morgan fingerprint density at radius 2 is 1.93 bits per heavy atom. The van der Waals surface area contributed by atoms with Crippen LogP contribution in [-0.2, 0) is 7.05 Å². The summed E-state index contributed by atoms with van der Waals surface area (Å²) in [4.78, 5) is 0. The second-order valence-electron chi connectivity index (χ2n) is 3.02. The predicted octanol–water partition coefficient (Wildman–Crippen LogP) is 2.45. The Morgan fingerprint density at radius 3 is 2.43 bits per heavy atom. The lowest BCUT2D eigenvalue weighted by atomic mass is 10.1. The first-order chi connectivity index (χ1) is 6.66. The van der Waals surface area contributed by atoms with Crippen LogP contribution >= 0.6 is 11.6 Å². The highest BCUT2D eigenvalue weighted by molar-refractivity contribution is 6.29. The average molecular weight is 209 g/mol. The van der Waals surface area contributed by atoms with Gasteiger partial charge in [0.05, 0.1) is 5.69 Å². The zero-order valence-electron chi connectivity index (χ0n) is 7.61. The zero-order chi connectivity index (χ0) is 10.1. The smallest absolute Gasteiger partial charge is 0.151 e. The molecule has 0 radical (unpaired) electrons. The third-order valence-corrected chi connectivity index (χ3v) is 2.20. The third kappa shape index (κ3) is 1.59. The second-order valence-corrected chi connectivity index (χ2v) is 3.41. The monoisotopic (exact) mass is 208 g/mol. The standard InChI is InChI=1S/C10H9ClN2O/c1-13-9(6-10(11)12-13)7-2-4-8(14)5-3-7/h2-6,14H,1H3. The Balaban J connectivity index is 2.49. The predicted molar refractivity (Wildman–Crippen MR) is 55.3 cm³/mol. The number of hydrogen-bond acceptors (Lipinski definition) is 2. The zero-order valence-corrected chi connectivity index (χ0v) is 8.36. The van der Waals surface area contributed by atoms with Crippen LogP contribution in [0, 0.1) is 0 Å². The fourth-order valence-corrected chi connectivity index (χ4v) is 1.55. The number of phenols is 1. The molecule has 0 atom stereocenters. The van der Waals surface area contributed by atoms with Gasteiger partial charge in [-0.2, -0.15) is 5.10 Å². The SMILES string of the molecule is Cn1nc(Cl)cc1-c1ccc(O)cc1. The Labute approximate surface area is 86.6 Å². The molecule has 2 rings (SSSR count). The highest BCUT2D eigenvalue weighted by atomic mass is 35.5. The third-order valence-electron chi connectivity index (χ3n) is 2.01. The summed E-state index contributed by atoms with van der Waals surface area (Å²) in [5.74, 6) is 0.252. The first kappa shape index (κ1) is 9.09. The highest BCUT2D eigenvalue weighted by Crippen LogP contribution is 2.23. The molecule has 2 aromatic rings. The first-order valence-corrected chi connectivity index (χ1v) is 4.53. The van der Waals surface area contributed by atoms with Gasteiger partial charge in [-0.3, -0.25) is 4.68 Å². The molecule has 0 aliphatic heterocycles. The van der Waals surface area contributed by atoms with Gasteiger partial charge in [-0.15, -0.1) is 0 Å². The second kappa shape index (κ2) is 3.35. The molecule has 1 heterocycles. The topological polar surface area (TPSA) is 38.0 Å². The van der Waals surface area contributed by atoms with Gasteiger partial charge in [0.25, 0.3) is 0 Å². The van der Waals surface area contributed by atoms with Crippen molar-refractivity contribution in [2.45, 2.75) is 0 Å². The van der Waals surface area contributed by atoms with E-state index in [1.54, 1.807) is 22.9 Å². The summed E-state index contributed by atoms with van der Waals surface area (Å²) < 4.78 is 1.70. The van der Waals surface area contributed by atoms with Crippen LogP contribution in [0.2, 0.25) is 5.15 Å². The number of halogens is 1. The molecule has 0 bridgehead atoms. The van der Waals surface area contributed by atoms with E-state index in [9.17, 15) is 0 Å². The molecule has 0 spiro atoms. The van der Waals surface area contributed by atoms with Crippen molar-refractivity contribution in [1.82, 2.24) is 9.78 Å². The normalized spacial score (nSPS) is 10.4. The number of benzene rings is 1. The molecular formula is C10H9ClN2O. The Hall–Kier alpha value is -1.48. The molecular weight excluding hydrogens is 200 g/mol. The van der Waals surface area contributed by atoms with Gasteiger partial charge in [-0.05, 0) is 24.3 Å². The van der Waals surface area contributed by atoms with E-state index in [4.69, 9.17) is 16.7 Å². The van der Waals surface area contributed by atoms with Crippen LogP contribution in [0.3, 0.4) is 0 Å². The summed E-state index contributed by atoms with van der Waals surface area (Å²) in [6, 6.07) is 8.70. The maximum absolute atomic E-state index is 9.13. The van der Waals surface area contributed by atoms with Gasteiger partial charge in [0, 0.05) is 18.7 Å². The van der Waals surface area contributed by atoms with Gasteiger partial charge in [0.2, 0.25) is 0 Å². The molecule has 0 amide bonds. The Kier molecular flexibility index (Phi) is 2.17. The van der Waals surface area contributed by atoms with E-state index in [1.165, 1.54) is 0 Å². The summed E-state index contributed by atoms with van der Waals surface area (Å²) in [6.45, 7) is 0. The Bertz CT molecular complexity index is 448. The fourth-order valence-electron chi connectivity index (χ4n) is 1.33. The van der Waals surface area contributed by atoms with E-state index in [2.05, 4.69) is 5.10 Å². The average Bonchev–Trinajstić information content (AvgIpc) is 2.47. The molecule has 0 saturated heterocycles. The van der Waals surface area contributed by atoms with Crippen LogP contribution in [-0.4, -0.2) is 14.9 Å². The van der Waals surface area contributed by atoms with Crippen molar-refractivity contribution >= 4 is 11.6 Å². The van der Waals surface area contributed by atoms with Crippen LogP contribution in [0.15, 0.2) is 30.3 Å². The molecule has 0 fully saturated rings. The van der Waals surface area contributed by atoms with Crippen LogP contribution < -0.4 is 0 Å².